The first-order chi connectivity index (χ1) is 42.9. The highest BCUT2D eigenvalue weighted by molar-refractivity contribution is 6.06. The first-order valence-corrected chi connectivity index (χ1v) is 28.5. The van der Waals surface area contributed by atoms with Gasteiger partial charge in [0.05, 0.1) is 10.8 Å². The van der Waals surface area contributed by atoms with Crippen molar-refractivity contribution in [3.63, 3.8) is 0 Å². The Morgan fingerprint density at radius 3 is 1.19 bits per heavy atom. The molecular weight excluding hydrogens is 1110 g/mol. The van der Waals surface area contributed by atoms with Crippen molar-refractivity contribution in [2.75, 3.05) is 4.90 Å². The molecule has 2 aliphatic rings. The monoisotopic (exact) mass is 1160 g/mol. The maximum Gasteiger partial charge on any atom is 0.163 e. The highest BCUT2D eigenvalue weighted by Crippen LogP contribution is 2.61. The molecule has 424 valence electrons. The van der Waals surface area contributed by atoms with E-state index in [-0.39, 0.29) is 11.1 Å². The summed E-state index contributed by atoms with van der Waals surface area (Å²) in [6.07, 6.45) is 3.46. The molecule has 12 aromatic carbocycles. The van der Waals surface area contributed by atoms with Gasteiger partial charge in [-0.05, 0) is 170 Å². The van der Waals surface area contributed by atoms with E-state index in [1.54, 1.807) is 60.7 Å². The summed E-state index contributed by atoms with van der Waals surface area (Å²) in [6.45, 7) is 7.69. The van der Waals surface area contributed by atoms with Gasteiger partial charge in [0, 0.05) is 57.2 Å². The van der Waals surface area contributed by atoms with Gasteiger partial charge in [0.15, 0.2) is 23.3 Å². The molecule has 1 aromatic heterocycles. The molecular formula is C78H47F6NO3. The van der Waals surface area contributed by atoms with Crippen molar-refractivity contribution in [1.82, 2.24) is 0 Å². The lowest BCUT2D eigenvalue weighted by molar-refractivity contribution is 0.473. The molecule has 2 unspecified atom stereocenters. The molecule has 0 bridgehead atoms. The average Bonchev–Trinajstić information content (AvgIpc) is 1.52. The molecule has 0 saturated heterocycles. The van der Waals surface area contributed by atoms with Gasteiger partial charge in [0.25, 0.3) is 0 Å². The van der Waals surface area contributed by atoms with Crippen LogP contribution >= 0.6 is 0 Å². The highest BCUT2D eigenvalue weighted by Gasteiger charge is 2.51. The number of halogens is 6. The Hall–Kier alpha value is -11.1. The molecule has 2 aliphatic carbocycles. The summed E-state index contributed by atoms with van der Waals surface area (Å²) in [4.78, 5) is 1.98. The molecule has 0 saturated carbocycles. The van der Waals surface area contributed by atoms with Crippen LogP contribution in [0, 0.1) is 34.9 Å². The molecule has 88 heavy (non-hydrogen) atoms. The van der Waals surface area contributed by atoms with Crippen LogP contribution in [0.4, 0.5) is 43.4 Å². The largest absolute Gasteiger partial charge is 0.457 e. The van der Waals surface area contributed by atoms with Crippen LogP contribution in [0.2, 0.25) is 0 Å². The quantitative estimate of drug-likeness (QED) is 0.0851. The van der Waals surface area contributed by atoms with E-state index in [0.29, 0.717) is 119 Å². The highest BCUT2D eigenvalue weighted by atomic mass is 19.2. The summed E-state index contributed by atoms with van der Waals surface area (Å²) >= 11 is 0. The third-order valence-corrected chi connectivity index (χ3v) is 17.3. The van der Waals surface area contributed by atoms with E-state index in [9.17, 15) is 0 Å². The lowest BCUT2D eigenvalue weighted by Gasteiger charge is -2.36. The van der Waals surface area contributed by atoms with E-state index >= 15 is 26.3 Å². The Morgan fingerprint density at radius 1 is 0.341 bits per heavy atom. The Bertz CT molecular complexity index is 4720. The molecule has 0 fully saturated rings. The van der Waals surface area contributed by atoms with Gasteiger partial charge in [-0.25, -0.2) is 26.3 Å². The smallest absolute Gasteiger partial charge is 0.163 e. The normalized spacial score (nSPS) is 15.3. The van der Waals surface area contributed by atoms with Gasteiger partial charge < -0.3 is 18.8 Å². The Balaban J connectivity index is 0.973. The van der Waals surface area contributed by atoms with Crippen molar-refractivity contribution in [2.24, 2.45) is 0 Å². The fourth-order valence-electron chi connectivity index (χ4n) is 13.4. The number of fused-ring (bicyclic) bond motifs is 9. The second-order valence-electron chi connectivity index (χ2n) is 22.0. The number of ether oxygens (including phenoxy) is 2. The molecule has 13 aromatic rings. The first kappa shape index (κ1) is 53.6. The lowest BCUT2D eigenvalue weighted by Crippen LogP contribution is -2.31. The van der Waals surface area contributed by atoms with Gasteiger partial charge in [-0.1, -0.05) is 153 Å². The molecule has 10 heteroatoms. The Kier molecular flexibility index (Phi) is 12.7. The first-order valence-electron chi connectivity index (χ1n) is 28.5. The molecule has 2 atom stereocenters. The number of hydrogen-bond donors (Lipinski definition) is 0. The van der Waals surface area contributed by atoms with Crippen molar-refractivity contribution in [1.29, 1.82) is 0 Å². The fraction of sp³-hybridized carbons (Fsp3) is 0.0256. The van der Waals surface area contributed by atoms with Crippen LogP contribution in [0.3, 0.4) is 0 Å². The number of nitrogens with zero attached hydrogens (tertiary/aromatic N) is 1. The van der Waals surface area contributed by atoms with Gasteiger partial charge in [0.1, 0.15) is 45.8 Å². The van der Waals surface area contributed by atoms with Crippen molar-refractivity contribution in [3.8, 4) is 45.3 Å². The Morgan fingerprint density at radius 2 is 0.727 bits per heavy atom. The average molecular weight is 1160 g/mol. The van der Waals surface area contributed by atoms with Gasteiger partial charge in [0.2, 0.25) is 0 Å². The summed E-state index contributed by atoms with van der Waals surface area (Å²) in [5, 5.41) is 1.74. The van der Waals surface area contributed by atoms with Gasteiger partial charge in [-0.2, -0.15) is 0 Å². The zero-order chi connectivity index (χ0) is 60.0. The fourth-order valence-corrected chi connectivity index (χ4v) is 13.4. The van der Waals surface area contributed by atoms with Crippen molar-refractivity contribution in [3.05, 3.63) is 352 Å². The van der Waals surface area contributed by atoms with Crippen LogP contribution in [0.25, 0.3) is 56.3 Å². The number of hydrogen-bond acceptors (Lipinski definition) is 4. The lowest BCUT2D eigenvalue weighted by atomic mass is 9.67. The van der Waals surface area contributed by atoms with Crippen LogP contribution in [0.1, 0.15) is 55.6 Å². The van der Waals surface area contributed by atoms with Gasteiger partial charge in [-0.15, -0.1) is 0 Å². The number of rotatable bonds is 13. The molecule has 0 amide bonds. The Labute approximate surface area is 502 Å². The maximum absolute atomic E-state index is 17.3. The van der Waals surface area contributed by atoms with Crippen LogP contribution in [0.15, 0.2) is 266 Å². The SMILES string of the molecule is C=Cc1ccc(Oc2ccc(C3(c4cc(F)cc(F)c4F)c4ccccc4-c4ccc(N(c5ccc6c(c5)C(c5ccc(Oc7ccc(C=C)cc7)cc5)(c5cc(F)cc(F)c5F)c5ccccc5-6)c5ccc6c(c5)oc5ccccc56)cc43)cc2)cc1. The summed E-state index contributed by atoms with van der Waals surface area (Å²) < 4.78 is 118. The van der Waals surface area contributed by atoms with Crippen LogP contribution in [0.5, 0.6) is 23.0 Å². The second-order valence-corrected chi connectivity index (χ2v) is 22.0. The van der Waals surface area contributed by atoms with E-state index in [4.69, 9.17) is 13.9 Å². The van der Waals surface area contributed by atoms with Gasteiger partial charge >= 0.3 is 0 Å². The summed E-state index contributed by atoms with van der Waals surface area (Å²) in [5.41, 5.74) is 6.59. The zero-order valence-electron chi connectivity index (χ0n) is 46.7. The molecule has 15 rings (SSSR count). The number of furan rings is 1. The van der Waals surface area contributed by atoms with Crippen LogP contribution < -0.4 is 14.4 Å². The zero-order valence-corrected chi connectivity index (χ0v) is 46.7. The predicted molar refractivity (Wildman–Crippen MR) is 336 cm³/mol. The molecule has 4 nitrogen and oxygen atoms in total. The second kappa shape index (κ2) is 20.9. The third-order valence-electron chi connectivity index (χ3n) is 17.3. The van der Waals surface area contributed by atoms with E-state index in [0.717, 1.165) is 34.0 Å². The van der Waals surface area contributed by atoms with E-state index in [1.165, 1.54) is 0 Å². The van der Waals surface area contributed by atoms with E-state index < -0.39 is 45.7 Å². The predicted octanol–water partition coefficient (Wildman–Crippen LogP) is 21.5. The number of para-hydroxylation sites is 1. The van der Waals surface area contributed by atoms with Crippen molar-refractivity contribution < 1.29 is 40.2 Å². The minimum Gasteiger partial charge on any atom is -0.457 e. The standard InChI is InChI=1S/C78H47F6NO3/c1-3-46-17-28-55(29-18-46)86-57-32-21-48(22-33-57)77(69-39-50(79)41-71(81)75(69)83)65-14-8-5-11-59(65)61-36-25-52(43-67(61)77)85(54-27-38-64-63-13-7-10-16-73(63)88-74(64)45-54)53-26-37-62-60-12-6-9-15-66(60)78(68(62)44-53,70-40-51(80)42-72(82)76(70)84)49-23-34-58(35-24-49)87-56-30-19-47(4-2)20-31-56/h3-45H,1-2H2. The molecule has 0 spiro atoms. The maximum atomic E-state index is 17.3. The van der Waals surface area contributed by atoms with E-state index in [2.05, 4.69) is 13.2 Å². The molecule has 1 heterocycles. The topological polar surface area (TPSA) is 34.8 Å². The molecule has 0 N–H and O–H groups in total. The number of benzene rings is 12. The minimum absolute atomic E-state index is 0.260. The van der Waals surface area contributed by atoms with Crippen molar-refractivity contribution in [2.45, 2.75) is 10.8 Å². The van der Waals surface area contributed by atoms with Crippen LogP contribution in [-0.2, 0) is 10.8 Å². The third kappa shape index (κ3) is 8.38. The molecule has 0 aliphatic heterocycles. The summed E-state index contributed by atoms with van der Waals surface area (Å²) in [7, 11) is 0. The minimum atomic E-state index is -1.70. The summed E-state index contributed by atoms with van der Waals surface area (Å²) in [6, 6.07) is 72.0. The van der Waals surface area contributed by atoms with Crippen LogP contribution in [-0.4, -0.2) is 0 Å². The number of anilines is 3. The van der Waals surface area contributed by atoms with E-state index in [1.807, 2.05) is 181 Å². The van der Waals surface area contributed by atoms with Crippen molar-refractivity contribution >= 4 is 51.2 Å². The molecule has 0 radical (unpaired) electrons. The summed E-state index contributed by atoms with van der Waals surface area (Å²) in [5.74, 6) is -5.11. The van der Waals surface area contributed by atoms with Gasteiger partial charge in [-0.3, -0.25) is 0 Å².